The average molecular weight is 400 g/mol. The number of hydrogen-bond acceptors (Lipinski definition) is 3. The molecule has 1 aromatic rings. The van der Waals surface area contributed by atoms with Crippen LogP contribution in [0, 0.1) is 0 Å². The van der Waals surface area contributed by atoms with Gasteiger partial charge in [0.25, 0.3) is 0 Å². The molecule has 2 aliphatic rings. The van der Waals surface area contributed by atoms with E-state index in [-0.39, 0.29) is 12.1 Å². The summed E-state index contributed by atoms with van der Waals surface area (Å²) in [6, 6.07) is 5.74. The molecule has 4 nitrogen and oxygen atoms in total. The van der Waals surface area contributed by atoms with Crippen LogP contribution in [0.2, 0.25) is 10.0 Å². The van der Waals surface area contributed by atoms with Crippen molar-refractivity contribution < 1.29 is 4.79 Å². The van der Waals surface area contributed by atoms with E-state index >= 15 is 0 Å². The highest BCUT2D eigenvalue weighted by molar-refractivity contribution is 8.14. The molecule has 0 radical (unpaired) electrons. The zero-order valence-electron chi connectivity index (χ0n) is 14.5. The van der Waals surface area contributed by atoms with Crippen molar-refractivity contribution in [2.45, 2.75) is 51.2 Å². The maximum absolute atomic E-state index is 12.3. The first-order valence-corrected chi connectivity index (χ1v) is 10.4. The van der Waals surface area contributed by atoms with Gasteiger partial charge in [-0.3, -0.25) is 14.7 Å². The number of nitrogens with zero attached hydrogens (tertiary/aromatic N) is 3. The molecule has 0 spiro atoms. The third-order valence-corrected chi connectivity index (χ3v) is 6.65. The van der Waals surface area contributed by atoms with Crippen molar-refractivity contribution in [3.05, 3.63) is 28.2 Å². The largest absolute Gasteiger partial charge is 0.333 e. The van der Waals surface area contributed by atoms with Gasteiger partial charge in [-0.1, -0.05) is 54.2 Å². The third kappa shape index (κ3) is 4.26. The van der Waals surface area contributed by atoms with Crippen LogP contribution in [-0.2, 0) is 4.79 Å². The molecule has 1 aliphatic heterocycles. The van der Waals surface area contributed by atoms with E-state index in [2.05, 4.69) is 4.90 Å². The van der Waals surface area contributed by atoms with Crippen LogP contribution in [0.3, 0.4) is 0 Å². The van der Waals surface area contributed by atoms with Crippen LogP contribution >= 0.6 is 35.0 Å². The Hall–Kier alpha value is -0.910. The Kier molecular flexibility index (Phi) is 6.18. The van der Waals surface area contributed by atoms with Crippen molar-refractivity contribution in [3.8, 4) is 0 Å². The molecular weight excluding hydrogens is 377 g/mol. The molecule has 136 valence electrons. The number of carbonyl (C=O) groups is 1. The van der Waals surface area contributed by atoms with E-state index in [1.54, 1.807) is 35.7 Å². The number of amides is 1. The highest BCUT2D eigenvalue weighted by Crippen LogP contribution is 2.33. The van der Waals surface area contributed by atoms with Gasteiger partial charge in [-0.25, -0.2) is 0 Å². The Morgan fingerprint density at radius 2 is 1.96 bits per heavy atom. The smallest absolute Gasteiger partial charge is 0.225 e. The Labute approximate surface area is 163 Å². The third-order valence-electron chi connectivity index (χ3n) is 4.80. The standard InChI is InChI=1S/C18H23Cl2N3OS/c1-12(24)23(14-8-9-15(19)16(20)10-14)17-11-25-18(22(17)2)21-13-6-4-3-5-7-13/h8-10,13,17H,3-7,11H2,1-2H3. The van der Waals surface area contributed by atoms with Gasteiger partial charge in [0.1, 0.15) is 6.17 Å². The molecule has 1 heterocycles. The minimum absolute atomic E-state index is 0.0187. The molecule has 25 heavy (non-hydrogen) atoms. The minimum atomic E-state index is -0.0675. The van der Waals surface area contributed by atoms with E-state index in [1.807, 2.05) is 13.1 Å². The summed E-state index contributed by atoms with van der Waals surface area (Å²) in [4.78, 5) is 21.2. The van der Waals surface area contributed by atoms with Gasteiger partial charge in [-0.2, -0.15) is 0 Å². The molecule has 1 amide bonds. The van der Waals surface area contributed by atoms with Crippen molar-refractivity contribution in [1.29, 1.82) is 0 Å². The number of halogens is 2. The lowest BCUT2D eigenvalue weighted by atomic mass is 9.96. The molecule has 1 saturated carbocycles. The first-order chi connectivity index (χ1) is 12.0. The highest BCUT2D eigenvalue weighted by Gasteiger charge is 2.35. The first-order valence-electron chi connectivity index (χ1n) is 8.65. The Morgan fingerprint density at radius 1 is 1.24 bits per heavy atom. The summed E-state index contributed by atoms with van der Waals surface area (Å²) in [5.74, 6) is 0.775. The van der Waals surface area contributed by atoms with Crippen molar-refractivity contribution in [1.82, 2.24) is 4.90 Å². The van der Waals surface area contributed by atoms with Crippen LogP contribution in [0.15, 0.2) is 23.2 Å². The average Bonchev–Trinajstić information content (AvgIpc) is 2.93. The Balaban J connectivity index is 1.81. The summed E-state index contributed by atoms with van der Waals surface area (Å²) in [5, 5.41) is 1.97. The summed E-state index contributed by atoms with van der Waals surface area (Å²) in [7, 11) is 2.01. The summed E-state index contributed by atoms with van der Waals surface area (Å²) in [5.41, 5.74) is 0.762. The fraction of sp³-hybridized carbons (Fsp3) is 0.556. The lowest BCUT2D eigenvalue weighted by Gasteiger charge is -2.33. The number of aliphatic imine (C=N–C) groups is 1. The van der Waals surface area contributed by atoms with Crippen LogP contribution in [0.1, 0.15) is 39.0 Å². The molecule has 0 aromatic heterocycles. The van der Waals surface area contributed by atoms with Crippen LogP contribution < -0.4 is 4.90 Å². The molecule has 7 heteroatoms. The van der Waals surface area contributed by atoms with Gasteiger partial charge in [-0.15, -0.1) is 0 Å². The summed E-state index contributed by atoms with van der Waals surface area (Å²) in [6.45, 7) is 1.58. The second kappa shape index (κ2) is 8.19. The lowest BCUT2D eigenvalue weighted by Crippen LogP contribution is -2.48. The van der Waals surface area contributed by atoms with E-state index in [1.165, 1.54) is 32.1 Å². The maximum atomic E-state index is 12.3. The van der Waals surface area contributed by atoms with Gasteiger partial charge >= 0.3 is 0 Å². The summed E-state index contributed by atoms with van der Waals surface area (Å²) >= 11 is 13.9. The van der Waals surface area contributed by atoms with E-state index < -0.39 is 0 Å². The van der Waals surface area contributed by atoms with Gasteiger partial charge in [0, 0.05) is 25.4 Å². The van der Waals surface area contributed by atoms with Crippen LogP contribution in [-0.4, -0.2) is 41.0 Å². The van der Waals surface area contributed by atoms with Crippen molar-refractivity contribution in [3.63, 3.8) is 0 Å². The molecule has 3 rings (SSSR count). The predicted octanol–water partition coefficient (Wildman–Crippen LogP) is 5.04. The molecule has 1 aromatic carbocycles. The zero-order valence-corrected chi connectivity index (χ0v) is 16.9. The number of amidine groups is 1. The van der Waals surface area contributed by atoms with Crippen molar-refractivity contribution in [2.24, 2.45) is 4.99 Å². The number of hydrogen-bond donors (Lipinski definition) is 0. The molecule has 1 atom stereocenters. The normalized spacial score (nSPS) is 23.3. The van der Waals surface area contributed by atoms with E-state index in [0.29, 0.717) is 16.1 Å². The van der Waals surface area contributed by atoms with Gasteiger partial charge in [-0.05, 0) is 31.0 Å². The Morgan fingerprint density at radius 3 is 2.60 bits per heavy atom. The Bertz CT molecular complexity index is 676. The molecule has 1 unspecified atom stereocenters. The van der Waals surface area contributed by atoms with E-state index in [9.17, 15) is 4.79 Å². The van der Waals surface area contributed by atoms with Gasteiger partial charge in [0.05, 0.1) is 16.1 Å². The zero-order chi connectivity index (χ0) is 18.0. The molecule has 1 saturated heterocycles. The van der Waals surface area contributed by atoms with Crippen molar-refractivity contribution in [2.75, 3.05) is 17.7 Å². The van der Waals surface area contributed by atoms with Gasteiger partial charge in [0.15, 0.2) is 5.17 Å². The highest BCUT2D eigenvalue weighted by atomic mass is 35.5. The van der Waals surface area contributed by atoms with Gasteiger partial charge in [0.2, 0.25) is 5.91 Å². The lowest BCUT2D eigenvalue weighted by molar-refractivity contribution is -0.117. The molecular formula is C18H23Cl2N3OS. The number of anilines is 1. The first kappa shape index (κ1) is 18.9. The second-order valence-corrected chi connectivity index (χ2v) is 8.40. The fourth-order valence-electron chi connectivity index (χ4n) is 3.43. The number of carbonyl (C=O) groups excluding carboxylic acids is 1. The fourth-order valence-corrected chi connectivity index (χ4v) is 4.94. The molecule has 2 fully saturated rings. The SMILES string of the molecule is CC(=O)N(c1ccc(Cl)c(Cl)c1)C1CSC(=NC2CCCCC2)N1C. The number of benzene rings is 1. The van der Waals surface area contributed by atoms with Crippen LogP contribution in [0.25, 0.3) is 0 Å². The monoisotopic (exact) mass is 399 g/mol. The van der Waals surface area contributed by atoms with Gasteiger partial charge < -0.3 is 4.90 Å². The topological polar surface area (TPSA) is 35.9 Å². The van der Waals surface area contributed by atoms with Crippen LogP contribution in [0.5, 0.6) is 0 Å². The minimum Gasteiger partial charge on any atom is -0.333 e. The second-order valence-electron chi connectivity index (χ2n) is 6.59. The van der Waals surface area contributed by atoms with E-state index in [0.717, 1.165) is 16.6 Å². The van der Waals surface area contributed by atoms with Crippen LogP contribution in [0.4, 0.5) is 5.69 Å². The maximum Gasteiger partial charge on any atom is 0.225 e. The quantitative estimate of drug-likeness (QED) is 0.713. The van der Waals surface area contributed by atoms with Crippen molar-refractivity contribution >= 4 is 51.7 Å². The predicted molar refractivity (Wildman–Crippen MR) is 108 cm³/mol. The number of thioether (sulfide) groups is 1. The molecule has 0 bridgehead atoms. The van der Waals surface area contributed by atoms with E-state index in [4.69, 9.17) is 28.2 Å². The summed E-state index contributed by atoms with van der Waals surface area (Å²) < 4.78 is 0. The number of rotatable bonds is 3. The molecule has 0 N–H and O–H groups in total. The molecule has 1 aliphatic carbocycles. The summed E-state index contributed by atoms with van der Waals surface area (Å²) in [6.07, 6.45) is 6.13.